The van der Waals surface area contributed by atoms with Crippen LogP contribution in [0.5, 0.6) is 0 Å². The second-order valence-electron chi connectivity index (χ2n) is 7.11. The van der Waals surface area contributed by atoms with E-state index >= 15 is 0 Å². The topological polar surface area (TPSA) is 43.4 Å². The summed E-state index contributed by atoms with van der Waals surface area (Å²) in [6, 6.07) is 11.0. The molecule has 0 fully saturated rings. The first-order valence-corrected chi connectivity index (χ1v) is 11.4. The van der Waals surface area contributed by atoms with E-state index in [-0.39, 0.29) is 5.82 Å². The molecule has 3 rings (SSSR count). The zero-order valence-corrected chi connectivity index (χ0v) is 19.8. The molecule has 2 aromatic carbocycles. The van der Waals surface area contributed by atoms with Crippen LogP contribution in [0.25, 0.3) is 0 Å². The highest BCUT2D eigenvalue weighted by atomic mass is 35.5. The van der Waals surface area contributed by atoms with E-state index in [1.54, 1.807) is 12.3 Å². The Hall–Kier alpha value is -2.00. The lowest BCUT2D eigenvalue weighted by Gasteiger charge is -2.24. The number of thiazole rings is 1. The highest BCUT2D eigenvalue weighted by molar-refractivity contribution is 8.00. The molecule has 1 aromatic heterocycles. The van der Waals surface area contributed by atoms with Gasteiger partial charge in [-0.25, -0.2) is 9.37 Å². The molecule has 9 heteroatoms. The number of nitrogens with zero attached hydrogens (tertiary/aromatic N) is 3. The van der Waals surface area contributed by atoms with Gasteiger partial charge in [0.1, 0.15) is 5.82 Å². The van der Waals surface area contributed by atoms with E-state index in [0.717, 1.165) is 46.4 Å². The van der Waals surface area contributed by atoms with Gasteiger partial charge in [0, 0.05) is 37.3 Å². The molecule has 0 saturated heterocycles. The smallest absolute Gasteiger partial charge is 0.193 e. The number of hydrogen-bond acceptors (Lipinski definition) is 7. The highest BCUT2D eigenvalue weighted by Gasteiger charge is 2.13. The maximum absolute atomic E-state index is 14.7. The van der Waals surface area contributed by atoms with Gasteiger partial charge in [-0.1, -0.05) is 23.7 Å². The van der Waals surface area contributed by atoms with Gasteiger partial charge in [-0.15, -0.1) is 11.3 Å². The zero-order chi connectivity index (χ0) is 21.7. The van der Waals surface area contributed by atoms with Crippen molar-refractivity contribution < 1.29 is 4.39 Å². The predicted octanol–water partition coefficient (Wildman–Crippen LogP) is 6.10. The van der Waals surface area contributed by atoms with E-state index < -0.39 is 0 Å². The molecule has 0 amide bonds. The fraction of sp³-hybridized carbons (Fsp3) is 0.286. The minimum atomic E-state index is -0.355. The number of nitrogens with one attached hydrogen (secondary N) is 2. The summed E-state index contributed by atoms with van der Waals surface area (Å²) in [5.41, 5.74) is 2.42. The van der Waals surface area contributed by atoms with E-state index in [2.05, 4.69) is 24.8 Å². The Labute approximate surface area is 190 Å². The summed E-state index contributed by atoms with van der Waals surface area (Å²) in [6.07, 6.45) is 1.77. The van der Waals surface area contributed by atoms with Gasteiger partial charge < -0.3 is 19.8 Å². The monoisotopic (exact) mass is 465 g/mol. The van der Waals surface area contributed by atoms with Crippen LogP contribution in [0.2, 0.25) is 5.02 Å². The van der Waals surface area contributed by atoms with Crippen LogP contribution >= 0.6 is 34.9 Å². The number of hydrogen-bond donors (Lipinski definition) is 2. The SMILES string of the molecule is Cc1cnc(NSc2cc(Cl)c(Nc3ccccc3N(C)CCN(C)C)cc2F)s1. The van der Waals surface area contributed by atoms with E-state index in [0.29, 0.717) is 15.6 Å². The number of benzene rings is 2. The molecular formula is C21H25ClFN5S2. The number of rotatable bonds is 9. The van der Waals surface area contributed by atoms with Crippen molar-refractivity contribution in [3.8, 4) is 0 Å². The lowest BCUT2D eigenvalue weighted by atomic mass is 10.2. The summed E-state index contributed by atoms with van der Waals surface area (Å²) in [5, 5.41) is 4.46. The minimum Gasteiger partial charge on any atom is -0.372 e. The van der Waals surface area contributed by atoms with E-state index in [4.69, 9.17) is 11.6 Å². The number of aromatic nitrogens is 1. The van der Waals surface area contributed by atoms with Gasteiger partial charge in [-0.2, -0.15) is 0 Å². The Morgan fingerprint density at radius 1 is 1.13 bits per heavy atom. The molecule has 160 valence electrons. The highest BCUT2D eigenvalue weighted by Crippen LogP contribution is 2.36. The minimum absolute atomic E-state index is 0.355. The third-order valence-corrected chi connectivity index (χ3v) is 6.46. The molecule has 5 nitrogen and oxygen atoms in total. The second kappa shape index (κ2) is 10.3. The lowest BCUT2D eigenvalue weighted by molar-refractivity contribution is 0.416. The van der Waals surface area contributed by atoms with Crippen LogP contribution in [0, 0.1) is 12.7 Å². The lowest BCUT2D eigenvalue weighted by Crippen LogP contribution is -2.28. The average Bonchev–Trinajstić information content (AvgIpc) is 3.13. The van der Waals surface area contributed by atoms with Crippen LogP contribution in [0.1, 0.15) is 4.88 Å². The van der Waals surface area contributed by atoms with E-state index in [9.17, 15) is 4.39 Å². The van der Waals surface area contributed by atoms with Gasteiger partial charge in [0.25, 0.3) is 0 Å². The van der Waals surface area contributed by atoms with Crippen LogP contribution in [0.15, 0.2) is 47.5 Å². The third-order valence-electron chi connectivity index (χ3n) is 4.36. The van der Waals surface area contributed by atoms with Crippen molar-refractivity contribution in [1.82, 2.24) is 9.88 Å². The van der Waals surface area contributed by atoms with Crippen LogP contribution in [-0.4, -0.2) is 44.1 Å². The van der Waals surface area contributed by atoms with Crippen molar-refractivity contribution in [2.45, 2.75) is 11.8 Å². The molecule has 0 spiro atoms. The van der Waals surface area contributed by atoms with Crippen molar-refractivity contribution in [3.63, 3.8) is 0 Å². The normalized spacial score (nSPS) is 11.0. The summed E-state index contributed by atoms with van der Waals surface area (Å²) >= 11 is 9.14. The Kier molecular flexibility index (Phi) is 7.82. The van der Waals surface area contributed by atoms with Gasteiger partial charge in [-0.05, 0) is 51.2 Å². The fourth-order valence-electron chi connectivity index (χ4n) is 2.73. The molecule has 3 aromatic rings. The molecule has 0 bridgehead atoms. The van der Waals surface area contributed by atoms with Crippen molar-refractivity contribution >= 4 is 57.1 Å². The quantitative estimate of drug-likeness (QED) is 0.372. The van der Waals surface area contributed by atoms with Crippen molar-refractivity contribution in [2.75, 3.05) is 49.2 Å². The molecule has 2 N–H and O–H groups in total. The first-order valence-electron chi connectivity index (χ1n) is 9.39. The predicted molar refractivity (Wildman–Crippen MR) is 129 cm³/mol. The molecule has 0 aliphatic carbocycles. The fourth-order valence-corrected chi connectivity index (χ4v) is 4.40. The number of para-hydroxylation sites is 2. The summed E-state index contributed by atoms with van der Waals surface area (Å²) in [4.78, 5) is 10.0. The molecule has 0 aliphatic rings. The summed E-state index contributed by atoms with van der Waals surface area (Å²) in [6.45, 7) is 3.77. The summed E-state index contributed by atoms with van der Waals surface area (Å²) < 4.78 is 17.8. The number of likely N-dealkylation sites (N-methyl/N-ethyl adjacent to an activating group) is 2. The third kappa shape index (κ3) is 6.01. The van der Waals surface area contributed by atoms with Crippen molar-refractivity contribution in [3.05, 3.63) is 58.3 Å². The summed E-state index contributed by atoms with van der Waals surface area (Å²) in [7, 11) is 6.13. The molecule has 0 saturated carbocycles. The average molecular weight is 466 g/mol. The first kappa shape index (κ1) is 22.7. The van der Waals surface area contributed by atoms with Crippen LogP contribution in [-0.2, 0) is 0 Å². The largest absolute Gasteiger partial charge is 0.372 e. The molecule has 1 heterocycles. The molecule has 0 radical (unpaired) electrons. The van der Waals surface area contributed by atoms with Gasteiger partial charge in [0.15, 0.2) is 5.13 Å². The number of anilines is 4. The Bertz CT molecular complexity index is 995. The van der Waals surface area contributed by atoms with Crippen LogP contribution in [0.4, 0.5) is 26.6 Å². The molecule has 0 atom stereocenters. The molecular weight excluding hydrogens is 441 g/mol. The van der Waals surface area contributed by atoms with Crippen molar-refractivity contribution in [2.24, 2.45) is 0 Å². The Balaban J connectivity index is 1.75. The maximum atomic E-state index is 14.7. The van der Waals surface area contributed by atoms with Crippen LogP contribution in [0.3, 0.4) is 0 Å². The van der Waals surface area contributed by atoms with E-state index in [1.807, 2.05) is 52.3 Å². The summed E-state index contributed by atoms with van der Waals surface area (Å²) in [5.74, 6) is -0.355. The Morgan fingerprint density at radius 3 is 2.60 bits per heavy atom. The first-order chi connectivity index (χ1) is 14.3. The maximum Gasteiger partial charge on any atom is 0.193 e. The van der Waals surface area contributed by atoms with Crippen molar-refractivity contribution in [1.29, 1.82) is 0 Å². The zero-order valence-electron chi connectivity index (χ0n) is 17.4. The standard InChI is InChI=1S/C21H25ClFN5S2/c1-14-13-24-21(29-14)26-30-20-11-15(22)18(12-16(20)23)25-17-7-5-6-8-19(17)28(4)10-9-27(2)3/h5-8,11-13,25H,9-10H2,1-4H3,(H,24,26). The van der Waals surface area contributed by atoms with Gasteiger partial charge >= 0.3 is 0 Å². The van der Waals surface area contributed by atoms with Gasteiger partial charge in [-0.3, -0.25) is 0 Å². The Morgan fingerprint density at radius 2 is 1.90 bits per heavy atom. The number of aryl methyl sites for hydroxylation is 1. The van der Waals surface area contributed by atoms with Gasteiger partial charge in [0.05, 0.1) is 27.0 Å². The number of halogens is 2. The molecule has 0 aliphatic heterocycles. The van der Waals surface area contributed by atoms with Gasteiger partial charge in [0.2, 0.25) is 0 Å². The van der Waals surface area contributed by atoms with E-state index in [1.165, 1.54) is 17.4 Å². The molecule has 0 unspecified atom stereocenters. The van der Waals surface area contributed by atoms with Crippen LogP contribution < -0.4 is 14.9 Å². The second-order valence-corrected chi connectivity index (χ2v) is 9.60. The molecule has 30 heavy (non-hydrogen) atoms.